The second-order valence-corrected chi connectivity index (χ2v) is 4.26. The van der Waals surface area contributed by atoms with E-state index in [1.807, 2.05) is 0 Å². The molecule has 21 heavy (non-hydrogen) atoms. The highest BCUT2D eigenvalue weighted by atomic mass is 16.5. The van der Waals surface area contributed by atoms with Gasteiger partial charge in [-0.05, 0) is 24.3 Å². The van der Waals surface area contributed by atoms with Crippen molar-refractivity contribution < 1.29 is 24.5 Å². The van der Waals surface area contributed by atoms with Crippen LogP contribution in [0.2, 0.25) is 0 Å². The number of methoxy groups -OCH3 is 2. The molecule has 0 heterocycles. The number of aromatic hydroxyl groups is 2. The molecule has 0 saturated heterocycles. The van der Waals surface area contributed by atoms with Gasteiger partial charge in [-0.2, -0.15) is 0 Å². The van der Waals surface area contributed by atoms with Crippen molar-refractivity contribution >= 4 is 11.6 Å². The van der Waals surface area contributed by atoms with E-state index >= 15 is 0 Å². The minimum Gasteiger partial charge on any atom is -0.508 e. The molecular weight excluding hydrogens is 274 g/mol. The van der Waals surface area contributed by atoms with Gasteiger partial charge in [-0.25, -0.2) is 0 Å². The molecule has 3 N–H and O–H groups in total. The maximum absolute atomic E-state index is 12.2. The van der Waals surface area contributed by atoms with E-state index in [1.54, 1.807) is 18.2 Å². The van der Waals surface area contributed by atoms with Crippen molar-refractivity contribution in [3.8, 4) is 23.0 Å². The van der Waals surface area contributed by atoms with Gasteiger partial charge >= 0.3 is 0 Å². The Balaban J connectivity index is 2.30. The number of amides is 1. The summed E-state index contributed by atoms with van der Waals surface area (Å²) >= 11 is 0. The first-order chi connectivity index (χ1) is 10.0. The van der Waals surface area contributed by atoms with Crippen molar-refractivity contribution in [1.82, 2.24) is 0 Å². The summed E-state index contributed by atoms with van der Waals surface area (Å²) in [6.45, 7) is 0. The second kappa shape index (κ2) is 6.04. The molecule has 0 bridgehead atoms. The first-order valence-electron chi connectivity index (χ1n) is 6.10. The molecule has 0 aromatic heterocycles. The van der Waals surface area contributed by atoms with Crippen LogP contribution in [0.15, 0.2) is 36.4 Å². The fourth-order valence-corrected chi connectivity index (χ4v) is 1.83. The molecule has 0 aliphatic carbocycles. The van der Waals surface area contributed by atoms with Crippen LogP contribution in [0.1, 0.15) is 10.4 Å². The van der Waals surface area contributed by atoms with Gasteiger partial charge in [0, 0.05) is 17.7 Å². The van der Waals surface area contributed by atoms with Crippen LogP contribution in [0, 0.1) is 0 Å². The monoisotopic (exact) mass is 289 g/mol. The molecule has 0 unspecified atom stereocenters. The van der Waals surface area contributed by atoms with Crippen LogP contribution in [0.4, 0.5) is 5.69 Å². The van der Waals surface area contributed by atoms with Crippen molar-refractivity contribution in [2.75, 3.05) is 19.5 Å². The van der Waals surface area contributed by atoms with Crippen LogP contribution in [0.3, 0.4) is 0 Å². The molecule has 2 aromatic carbocycles. The Labute approximate surface area is 121 Å². The van der Waals surface area contributed by atoms with Crippen LogP contribution >= 0.6 is 0 Å². The summed E-state index contributed by atoms with van der Waals surface area (Å²) in [7, 11) is 3.00. The largest absolute Gasteiger partial charge is 0.508 e. The Hall–Kier alpha value is -2.89. The predicted octanol–water partition coefficient (Wildman–Crippen LogP) is 2.37. The Morgan fingerprint density at radius 1 is 1.00 bits per heavy atom. The lowest BCUT2D eigenvalue weighted by molar-refractivity contribution is 0.102. The number of hydrogen-bond acceptors (Lipinski definition) is 5. The lowest BCUT2D eigenvalue weighted by atomic mass is 10.1. The zero-order chi connectivity index (χ0) is 15.4. The van der Waals surface area contributed by atoms with Crippen LogP contribution in [-0.2, 0) is 0 Å². The van der Waals surface area contributed by atoms with E-state index in [0.29, 0.717) is 17.2 Å². The van der Waals surface area contributed by atoms with Crippen LogP contribution in [0.25, 0.3) is 0 Å². The summed E-state index contributed by atoms with van der Waals surface area (Å²) in [5.41, 5.74) is 0.544. The minimum absolute atomic E-state index is 0.123. The number of carbonyl (C=O) groups is 1. The van der Waals surface area contributed by atoms with Gasteiger partial charge in [0.15, 0.2) is 0 Å². The van der Waals surface area contributed by atoms with Crippen molar-refractivity contribution in [1.29, 1.82) is 0 Å². The zero-order valence-electron chi connectivity index (χ0n) is 11.6. The van der Waals surface area contributed by atoms with Gasteiger partial charge in [0.2, 0.25) is 0 Å². The van der Waals surface area contributed by atoms with Crippen molar-refractivity contribution in [3.05, 3.63) is 42.0 Å². The molecular formula is C15H15NO5. The minimum atomic E-state index is -0.493. The lowest BCUT2D eigenvalue weighted by Gasteiger charge is -2.12. The van der Waals surface area contributed by atoms with E-state index in [1.165, 1.54) is 26.4 Å². The molecule has 6 nitrogen and oxygen atoms in total. The van der Waals surface area contributed by atoms with Gasteiger partial charge in [0.25, 0.3) is 5.91 Å². The fraction of sp³-hybridized carbons (Fsp3) is 0.133. The number of benzene rings is 2. The summed E-state index contributed by atoms with van der Waals surface area (Å²) in [5.74, 6) is 0.140. The normalized spacial score (nSPS) is 10.0. The average Bonchev–Trinajstić information content (AvgIpc) is 2.46. The molecule has 6 heteroatoms. The molecule has 0 radical (unpaired) electrons. The van der Waals surface area contributed by atoms with Gasteiger partial charge in [-0.1, -0.05) is 0 Å². The third-order valence-electron chi connectivity index (χ3n) is 2.82. The molecule has 0 saturated carbocycles. The van der Waals surface area contributed by atoms with E-state index < -0.39 is 5.91 Å². The summed E-state index contributed by atoms with van der Waals surface area (Å²) in [4.78, 5) is 12.2. The maximum atomic E-state index is 12.2. The molecule has 2 rings (SSSR count). The molecule has 0 spiro atoms. The number of anilines is 1. The first-order valence-corrected chi connectivity index (χ1v) is 6.10. The Morgan fingerprint density at radius 3 is 2.24 bits per heavy atom. The van der Waals surface area contributed by atoms with Crippen LogP contribution in [0.5, 0.6) is 23.0 Å². The third-order valence-corrected chi connectivity index (χ3v) is 2.82. The molecule has 0 aliphatic rings. The molecule has 0 fully saturated rings. The quantitative estimate of drug-likeness (QED) is 0.804. The predicted molar refractivity (Wildman–Crippen MR) is 77.3 cm³/mol. The molecule has 1 amide bonds. The lowest BCUT2D eigenvalue weighted by Crippen LogP contribution is -2.12. The highest BCUT2D eigenvalue weighted by Crippen LogP contribution is 2.30. The fourth-order valence-electron chi connectivity index (χ4n) is 1.83. The SMILES string of the molecule is COc1ccc(OC)c(NC(=O)c2cc(O)cc(O)c2)c1. The Bertz CT molecular complexity index is 649. The van der Waals surface area contributed by atoms with Gasteiger partial charge in [0.05, 0.1) is 19.9 Å². The number of nitrogens with one attached hydrogen (secondary N) is 1. The van der Waals surface area contributed by atoms with Gasteiger partial charge in [-0.15, -0.1) is 0 Å². The number of hydrogen-bond donors (Lipinski definition) is 3. The van der Waals surface area contributed by atoms with Crippen molar-refractivity contribution in [2.24, 2.45) is 0 Å². The van der Waals surface area contributed by atoms with E-state index in [0.717, 1.165) is 6.07 Å². The van der Waals surface area contributed by atoms with Crippen molar-refractivity contribution in [2.45, 2.75) is 0 Å². The first kappa shape index (κ1) is 14.5. The summed E-state index contributed by atoms with van der Waals surface area (Å²) in [6, 6.07) is 8.62. The van der Waals surface area contributed by atoms with E-state index in [9.17, 15) is 15.0 Å². The average molecular weight is 289 g/mol. The molecule has 0 aliphatic heterocycles. The van der Waals surface area contributed by atoms with Crippen LogP contribution in [-0.4, -0.2) is 30.3 Å². The maximum Gasteiger partial charge on any atom is 0.256 e. The van der Waals surface area contributed by atoms with E-state index in [-0.39, 0.29) is 17.1 Å². The number of rotatable bonds is 4. The second-order valence-electron chi connectivity index (χ2n) is 4.26. The van der Waals surface area contributed by atoms with Gasteiger partial charge in [-0.3, -0.25) is 4.79 Å². The number of phenols is 2. The van der Waals surface area contributed by atoms with Crippen molar-refractivity contribution in [3.63, 3.8) is 0 Å². The van der Waals surface area contributed by atoms with Gasteiger partial charge < -0.3 is 25.0 Å². The molecule has 0 atom stereocenters. The summed E-state index contributed by atoms with van der Waals surface area (Å²) in [5, 5.41) is 21.5. The number of phenolic OH excluding ortho intramolecular Hbond substituents is 2. The topological polar surface area (TPSA) is 88.0 Å². The van der Waals surface area contributed by atoms with E-state index in [4.69, 9.17) is 9.47 Å². The molecule has 2 aromatic rings. The van der Waals surface area contributed by atoms with Crippen LogP contribution < -0.4 is 14.8 Å². The highest BCUT2D eigenvalue weighted by molar-refractivity contribution is 6.05. The summed E-state index contributed by atoms with van der Waals surface area (Å²) < 4.78 is 10.3. The smallest absolute Gasteiger partial charge is 0.256 e. The zero-order valence-corrected chi connectivity index (χ0v) is 11.6. The number of carbonyl (C=O) groups excluding carboxylic acids is 1. The Kier molecular flexibility index (Phi) is 4.18. The van der Waals surface area contributed by atoms with Gasteiger partial charge in [0.1, 0.15) is 23.0 Å². The standard InChI is InChI=1S/C15H15NO5/c1-20-12-3-4-14(21-2)13(8-12)16-15(19)9-5-10(17)7-11(18)6-9/h3-8,17-18H,1-2H3,(H,16,19). The Morgan fingerprint density at radius 2 is 1.67 bits per heavy atom. The third kappa shape index (κ3) is 3.36. The summed E-state index contributed by atoms with van der Waals surface area (Å²) in [6.07, 6.45) is 0. The molecule has 110 valence electrons. The number of ether oxygens (including phenoxy) is 2. The van der Waals surface area contributed by atoms with E-state index in [2.05, 4.69) is 5.32 Å². The highest BCUT2D eigenvalue weighted by Gasteiger charge is 2.12.